The summed E-state index contributed by atoms with van der Waals surface area (Å²) in [5.41, 5.74) is 2.28. The van der Waals surface area contributed by atoms with E-state index in [1.165, 1.54) is 0 Å². The summed E-state index contributed by atoms with van der Waals surface area (Å²) in [6.07, 6.45) is 0.426. The van der Waals surface area contributed by atoms with E-state index in [2.05, 4.69) is 0 Å². The molecule has 0 saturated heterocycles. The molecule has 1 aromatic heterocycles. The average Bonchev–Trinajstić information content (AvgIpc) is 2.83. The summed E-state index contributed by atoms with van der Waals surface area (Å²) < 4.78 is 29.8. The number of hydrogen-bond acceptors (Lipinski definition) is 6. The topological polar surface area (TPSA) is 67.1 Å². The minimum Gasteiger partial charge on any atom is -0.497 e. The fourth-order valence-electron chi connectivity index (χ4n) is 4.77. The van der Waals surface area contributed by atoms with Gasteiger partial charge in [0, 0.05) is 23.5 Å². The van der Waals surface area contributed by atoms with Crippen molar-refractivity contribution in [1.29, 1.82) is 0 Å². The fourth-order valence-corrected chi connectivity index (χ4v) is 4.77. The highest BCUT2D eigenvalue weighted by Gasteiger charge is 2.52. The molecule has 2 aliphatic rings. The highest BCUT2D eigenvalue weighted by molar-refractivity contribution is 5.85. The van der Waals surface area contributed by atoms with Crippen molar-refractivity contribution in [2.24, 2.45) is 0 Å². The number of ether oxygens (including phenoxy) is 4. The summed E-state index contributed by atoms with van der Waals surface area (Å²) >= 11 is 0. The van der Waals surface area contributed by atoms with Crippen LogP contribution in [0.25, 0.3) is 11.0 Å². The van der Waals surface area contributed by atoms with Gasteiger partial charge in [0.1, 0.15) is 17.1 Å². The monoisotopic (exact) mass is 428 g/mol. The van der Waals surface area contributed by atoms with Crippen molar-refractivity contribution in [1.82, 2.24) is 0 Å². The molecule has 3 heterocycles. The minimum atomic E-state index is -1.14. The lowest BCUT2D eigenvalue weighted by Gasteiger charge is -2.46. The molecular formula is C26H20O6. The second-order valence-electron chi connectivity index (χ2n) is 7.95. The standard InChI is InChI=1S/C26H20O6/c1-28-16-12-10-15(11-13-16)26-14-19(17-7-5-9-21(29-2)23(17)31-26)22-24(32-26)18-6-3-4-8-20(18)30-25(22)27/h3-13,19H,14H2,1-2H3. The zero-order valence-electron chi connectivity index (χ0n) is 17.6. The van der Waals surface area contributed by atoms with Crippen molar-refractivity contribution >= 4 is 11.0 Å². The molecule has 4 aromatic rings. The first-order chi connectivity index (χ1) is 15.6. The molecule has 32 heavy (non-hydrogen) atoms. The van der Waals surface area contributed by atoms with E-state index in [-0.39, 0.29) is 5.92 Å². The summed E-state index contributed by atoms with van der Waals surface area (Å²) in [4.78, 5) is 13.1. The Morgan fingerprint density at radius 2 is 1.66 bits per heavy atom. The highest BCUT2D eigenvalue weighted by Crippen LogP contribution is 2.57. The molecular weight excluding hydrogens is 408 g/mol. The predicted molar refractivity (Wildman–Crippen MR) is 118 cm³/mol. The van der Waals surface area contributed by atoms with Crippen LogP contribution in [0, 0.1) is 0 Å². The Balaban J connectivity index is 1.67. The summed E-state index contributed by atoms with van der Waals surface area (Å²) in [6.45, 7) is 0. The Morgan fingerprint density at radius 1 is 0.875 bits per heavy atom. The molecule has 2 bridgehead atoms. The third-order valence-corrected chi connectivity index (χ3v) is 6.29. The van der Waals surface area contributed by atoms with Crippen molar-refractivity contribution in [3.8, 4) is 23.0 Å². The first kappa shape index (κ1) is 18.8. The first-order valence-corrected chi connectivity index (χ1v) is 10.4. The quantitative estimate of drug-likeness (QED) is 0.429. The van der Waals surface area contributed by atoms with Gasteiger partial charge >= 0.3 is 5.63 Å². The van der Waals surface area contributed by atoms with Gasteiger partial charge in [-0.1, -0.05) is 24.3 Å². The van der Waals surface area contributed by atoms with Crippen LogP contribution >= 0.6 is 0 Å². The predicted octanol–water partition coefficient (Wildman–Crippen LogP) is 4.97. The Bertz CT molecular complexity index is 1400. The van der Waals surface area contributed by atoms with Crippen LogP contribution in [0.4, 0.5) is 0 Å². The molecule has 0 spiro atoms. The van der Waals surface area contributed by atoms with Crippen LogP contribution in [0.2, 0.25) is 0 Å². The van der Waals surface area contributed by atoms with Gasteiger partial charge in [0.25, 0.3) is 5.79 Å². The SMILES string of the molecule is COc1ccc(C23CC(c4cccc(OC)c4O2)c2c(c4ccccc4oc2=O)O3)cc1. The third-order valence-electron chi connectivity index (χ3n) is 6.29. The van der Waals surface area contributed by atoms with E-state index in [1.54, 1.807) is 20.3 Å². The summed E-state index contributed by atoms with van der Waals surface area (Å²) in [5, 5.41) is 0.736. The maximum absolute atomic E-state index is 13.1. The van der Waals surface area contributed by atoms with E-state index in [0.29, 0.717) is 34.8 Å². The van der Waals surface area contributed by atoms with Crippen LogP contribution in [0.3, 0.4) is 0 Å². The van der Waals surface area contributed by atoms with Crippen molar-refractivity contribution < 1.29 is 23.4 Å². The number of hydrogen-bond donors (Lipinski definition) is 0. The number of para-hydroxylation sites is 2. The molecule has 0 N–H and O–H groups in total. The van der Waals surface area contributed by atoms with E-state index >= 15 is 0 Å². The third kappa shape index (κ3) is 2.56. The Labute approximate surface area is 183 Å². The second-order valence-corrected chi connectivity index (χ2v) is 7.95. The zero-order valence-corrected chi connectivity index (χ0v) is 17.6. The van der Waals surface area contributed by atoms with Crippen LogP contribution in [-0.2, 0) is 5.79 Å². The maximum atomic E-state index is 13.1. The van der Waals surface area contributed by atoms with Gasteiger partial charge in [0.05, 0.1) is 25.2 Å². The van der Waals surface area contributed by atoms with Gasteiger partial charge in [-0.3, -0.25) is 0 Å². The average molecular weight is 428 g/mol. The van der Waals surface area contributed by atoms with Gasteiger partial charge in [-0.15, -0.1) is 0 Å². The van der Waals surface area contributed by atoms with E-state index in [9.17, 15) is 4.79 Å². The molecule has 0 amide bonds. The molecule has 6 rings (SSSR count). The van der Waals surface area contributed by atoms with E-state index in [4.69, 9.17) is 23.4 Å². The molecule has 3 aromatic carbocycles. The minimum absolute atomic E-state index is 0.277. The van der Waals surface area contributed by atoms with Crippen LogP contribution in [0.1, 0.15) is 29.0 Å². The molecule has 0 fully saturated rings. The molecule has 2 aliphatic heterocycles. The number of fused-ring (bicyclic) bond motifs is 8. The van der Waals surface area contributed by atoms with Crippen molar-refractivity contribution in [3.05, 3.63) is 93.8 Å². The molecule has 0 radical (unpaired) electrons. The lowest BCUT2D eigenvalue weighted by molar-refractivity contribution is -0.149. The lowest BCUT2D eigenvalue weighted by Crippen LogP contribution is -2.48. The fraction of sp³-hybridized carbons (Fsp3) is 0.192. The zero-order chi connectivity index (χ0) is 21.9. The molecule has 0 aliphatic carbocycles. The second kappa shape index (κ2) is 6.79. The molecule has 6 nitrogen and oxygen atoms in total. The van der Waals surface area contributed by atoms with E-state index < -0.39 is 11.4 Å². The van der Waals surface area contributed by atoms with Crippen LogP contribution in [0.5, 0.6) is 23.0 Å². The lowest BCUT2D eigenvalue weighted by atomic mass is 9.78. The van der Waals surface area contributed by atoms with Crippen LogP contribution in [-0.4, -0.2) is 14.2 Å². The van der Waals surface area contributed by atoms with Crippen molar-refractivity contribution in [2.75, 3.05) is 14.2 Å². The summed E-state index contributed by atoms with van der Waals surface area (Å²) in [5.74, 6) is 0.973. The number of benzene rings is 3. The van der Waals surface area contributed by atoms with E-state index in [1.807, 2.05) is 60.7 Å². The van der Waals surface area contributed by atoms with E-state index in [0.717, 1.165) is 22.3 Å². The summed E-state index contributed by atoms with van der Waals surface area (Å²) in [6, 6.07) is 20.7. The molecule has 2 unspecified atom stereocenters. The largest absolute Gasteiger partial charge is 0.497 e. The van der Waals surface area contributed by atoms with Gasteiger partial charge in [-0.2, -0.15) is 0 Å². The number of methoxy groups -OCH3 is 2. The van der Waals surface area contributed by atoms with Gasteiger partial charge in [0.15, 0.2) is 11.5 Å². The molecule has 2 atom stereocenters. The van der Waals surface area contributed by atoms with Gasteiger partial charge in [-0.05, 0) is 42.5 Å². The number of rotatable bonds is 3. The smallest absolute Gasteiger partial charge is 0.343 e. The van der Waals surface area contributed by atoms with Gasteiger partial charge in [-0.25, -0.2) is 4.79 Å². The van der Waals surface area contributed by atoms with Crippen molar-refractivity contribution in [3.63, 3.8) is 0 Å². The molecule has 6 heteroatoms. The van der Waals surface area contributed by atoms with Gasteiger partial charge in [0.2, 0.25) is 0 Å². The highest BCUT2D eigenvalue weighted by atomic mass is 16.7. The summed E-state index contributed by atoms with van der Waals surface area (Å²) in [7, 11) is 3.22. The van der Waals surface area contributed by atoms with Crippen molar-refractivity contribution in [2.45, 2.75) is 18.1 Å². The Morgan fingerprint density at radius 3 is 2.44 bits per heavy atom. The normalized spacial score (nSPS) is 20.5. The maximum Gasteiger partial charge on any atom is 0.343 e. The first-order valence-electron chi connectivity index (χ1n) is 10.4. The Hall–Kier alpha value is -3.93. The van der Waals surface area contributed by atoms with Gasteiger partial charge < -0.3 is 23.4 Å². The molecule has 0 saturated carbocycles. The van der Waals surface area contributed by atoms with Crippen LogP contribution < -0.4 is 24.6 Å². The van der Waals surface area contributed by atoms with Crippen LogP contribution in [0.15, 0.2) is 75.9 Å². The Kier molecular flexibility index (Phi) is 3.99. The molecule has 160 valence electrons.